The molecule has 0 saturated heterocycles. The van der Waals surface area contributed by atoms with Crippen LogP contribution in [0.2, 0.25) is 10.0 Å². The second kappa shape index (κ2) is 7.94. The Hall–Kier alpha value is -3.55. The first-order valence-electron chi connectivity index (χ1n) is 9.09. The highest BCUT2D eigenvalue weighted by atomic mass is 35.5. The number of amides is 2. The molecule has 4 N–H and O–H groups in total. The van der Waals surface area contributed by atoms with Gasteiger partial charge in [0, 0.05) is 17.5 Å². The number of rotatable bonds is 4. The van der Waals surface area contributed by atoms with Crippen molar-refractivity contribution in [2.45, 2.75) is 18.8 Å². The van der Waals surface area contributed by atoms with Crippen LogP contribution < -0.4 is 26.4 Å². The molecular weight excluding hydrogens is 445 g/mol. The number of H-pyrrole nitrogens is 1. The number of hydrogen-bond donors (Lipinski definition) is 3. The number of carbonyl (C=O) groups excluding carboxylic acids is 1. The number of hydrazone groups is 1. The lowest BCUT2D eigenvalue weighted by atomic mass is 9.71. The van der Waals surface area contributed by atoms with Gasteiger partial charge < -0.3 is 15.8 Å². The number of urea groups is 1. The van der Waals surface area contributed by atoms with E-state index in [1.165, 1.54) is 18.2 Å². The summed E-state index contributed by atoms with van der Waals surface area (Å²) in [4.78, 5) is 24.3. The molecule has 1 fully saturated rings. The minimum absolute atomic E-state index is 0.0313. The van der Waals surface area contributed by atoms with Crippen LogP contribution in [0.15, 0.2) is 40.4 Å². The van der Waals surface area contributed by atoms with Crippen LogP contribution in [0.3, 0.4) is 0 Å². The van der Waals surface area contributed by atoms with Gasteiger partial charge in [-0.3, -0.25) is 4.79 Å². The molecule has 1 aromatic carbocycles. The number of amidine groups is 1. The molecule has 1 aromatic heterocycles. The number of nitrogens with one attached hydrogen (secondary N) is 2. The molecule has 1 saturated carbocycles. The first kappa shape index (κ1) is 20.7. The summed E-state index contributed by atoms with van der Waals surface area (Å²) in [5.74, 6) is -0.236. The molecule has 10 nitrogen and oxygen atoms in total. The van der Waals surface area contributed by atoms with Gasteiger partial charge in [-0.1, -0.05) is 29.8 Å². The Morgan fingerprint density at radius 3 is 2.58 bits per heavy atom. The highest BCUT2D eigenvalue weighted by Crippen LogP contribution is 2.43. The van der Waals surface area contributed by atoms with Crippen molar-refractivity contribution in [3.63, 3.8) is 0 Å². The van der Waals surface area contributed by atoms with Gasteiger partial charge in [-0.15, -0.1) is 10.2 Å². The summed E-state index contributed by atoms with van der Waals surface area (Å²) in [6, 6.07) is 5.91. The van der Waals surface area contributed by atoms with Crippen molar-refractivity contribution in [1.82, 2.24) is 15.5 Å². The lowest BCUT2D eigenvalue weighted by molar-refractivity contribution is 0.248. The number of aromatic nitrogens is 2. The van der Waals surface area contributed by atoms with Crippen LogP contribution in [-0.2, 0) is 0 Å². The Bertz CT molecular complexity index is 1210. The average Bonchev–Trinajstić information content (AvgIpc) is 2.69. The number of nitrogens with two attached hydrogens (primary N) is 1. The maximum atomic E-state index is 12.2. The predicted octanol–water partition coefficient (Wildman–Crippen LogP) is 3.20. The van der Waals surface area contributed by atoms with Crippen LogP contribution in [0.4, 0.5) is 10.5 Å². The summed E-state index contributed by atoms with van der Waals surface area (Å²) in [5, 5.41) is 23.0. The van der Waals surface area contributed by atoms with Crippen LogP contribution in [0, 0.1) is 17.2 Å². The first-order chi connectivity index (χ1) is 14.8. The third-order valence-corrected chi connectivity index (χ3v) is 5.61. The summed E-state index contributed by atoms with van der Waals surface area (Å²) in [6.07, 6.45) is 1.47. The summed E-state index contributed by atoms with van der Waals surface area (Å²) in [7, 11) is 0. The van der Waals surface area contributed by atoms with Crippen molar-refractivity contribution >= 4 is 40.8 Å². The van der Waals surface area contributed by atoms with Gasteiger partial charge in [-0.2, -0.15) is 10.3 Å². The first-order valence-corrected chi connectivity index (χ1v) is 9.84. The number of halogens is 2. The van der Waals surface area contributed by atoms with Crippen LogP contribution in [0.5, 0.6) is 11.6 Å². The molecule has 2 heterocycles. The van der Waals surface area contributed by atoms with E-state index in [0.717, 1.165) is 17.9 Å². The molecule has 158 valence electrons. The summed E-state index contributed by atoms with van der Waals surface area (Å²) >= 11 is 12.7. The minimum atomic E-state index is -0.584. The van der Waals surface area contributed by atoms with Gasteiger partial charge >= 0.3 is 6.03 Å². The number of nitriles is 1. The fourth-order valence-electron chi connectivity index (χ4n) is 3.26. The van der Waals surface area contributed by atoms with E-state index in [4.69, 9.17) is 33.7 Å². The van der Waals surface area contributed by atoms with Crippen molar-refractivity contribution < 1.29 is 9.53 Å². The zero-order valence-corrected chi connectivity index (χ0v) is 17.4. The largest absolute Gasteiger partial charge is 0.434 e. The average molecular weight is 460 g/mol. The highest BCUT2D eigenvalue weighted by Gasteiger charge is 2.34. The molecule has 31 heavy (non-hydrogen) atoms. The Kier molecular flexibility index (Phi) is 5.31. The summed E-state index contributed by atoms with van der Waals surface area (Å²) in [6.45, 7) is 3.58. The summed E-state index contributed by atoms with van der Waals surface area (Å²) in [5.41, 5.74) is 6.18. The molecule has 2 aliphatic rings. The fourth-order valence-corrected chi connectivity index (χ4v) is 3.81. The monoisotopic (exact) mass is 459 g/mol. The fraction of sp³-hybridized carbons (Fsp3) is 0.211. The van der Waals surface area contributed by atoms with Crippen molar-refractivity contribution in [3.8, 4) is 17.7 Å². The van der Waals surface area contributed by atoms with Gasteiger partial charge in [0.1, 0.15) is 0 Å². The molecule has 0 bridgehead atoms. The Labute approximate surface area is 185 Å². The van der Waals surface area contributed by atoms with Crippen LogP contribution >= 0.6 is 23.2 Å². The maximum absolute atomic E-state index is 12.2. The van der Waals surface area contributed by atoms with Gasteiger partial charge in [-0.25, -0.2) is 9.89 Å². The Balaban J connectivity index is 1.64. The topological polar surface area (TPSA) is 149 Å². The second-order valence-electron chi connectivity index (χ2n) is 6.96. The normalized spacial score (nSPS) is 20.4. The third-order valence-electron chi connectivity index (χ3n) is 5.05. The van der Waals surface area contributed by atoms with E-state index in [1.807, 2.05) is 0 Å². The zero-order chi connectivity index (χ0) is 22.3. The highest BCUT2D eigenvalue weighted by molar-refractivity contribution is 6.37. The van der Waals surface area contributed by atoms with Gasteiger partial charge in [0.2, 0.25) is 5.88 Å². The summed E-state index contributed by atoms with van der Waals surface area (Å²) < 4.78 is 5.71. The van der Waals surface area contributed by atoms with Crippen LogP contribution in [0.25, 0.3) is 0 Å². The van der Waals surface area contributed by atoms with Crippen molar-refractivity contribution in [3.05, 3.63) is 56.4 Å². The molecule has 2 atom stereocenters. The zero-order valence-electron chi connectivity index (χ0n) is 15.9. The van der Waals surface area contributed by atoms with E-state index in [1.54, 1.807) is 0 Å². The Morgan fingerprint density at radius 2 is 1.97 bits per heavy atom. The van der Waals surface area contributed by atoms with Crippen molar-refractivity contribution in [1.29, 1.82) is 5.26 Å². The number of aromatic amines is 1. The van der Waals surface area contributed by atoms with Crippen molar-refractivity contribution in [2.75, 3.05) is 5.01 Å². The molecule has 2 unspecified atom stereocenters. The molecule has 4 rings (SSSR count). The SMILES string of the molecule is C=C1NC(=O)N(c2cc(Cl)c(Oc3cc(C4CCC4C#N)c(=O)[nH]n3)c(Cl)c2)N=C1N. The molecule has 2 aromatic rings. The van der Waals surface area contributed by atoms with Gasteiger partial charge in [-0.05, 0) is 25.0 Å². The lowest BCUT2D eigenvalue weighted by Crippen LogP contribution is -2.45. The molecule has 2 amide bonds. The number of hydrogen-bond acceptors (Lipinski definition) is 7. The molecular formula is C19H15Cl2N7O3. The molecule has 1 aliphatic heterocycles. The number of ether oxygens (including phenoxy) is 1. The van der Waals surface area contributed by atoms with Gasteiger partial charge in [0.25, 0.3) is 5.56 Å². The quantitative estimate of drug-likeness (QED) is 0.638. The van der Waals surface area contributed by atoms with Gasteiger partial charge in [0.05, 0.1) is 33.4 Å². The van der Waals surface area contributed by atoms with E-state index in [9.17, 15) is 14.9 Å². The molecule has 1 aliphatic carbocycles. The molecule has 0 radical (unpaired) electrons. The number of anilines is 1. The van der Waals surface area contributed by atoms with Gasteiger partial charge in [0.15, 0.2) is 11.6 Å². The van der Waals surface area contributed by atoms with E-state index in [2.05, 4.69) is 33.3 Å². The standard InChI is InChI=1S/C19H15Cl2N7O3/c1-8-17(23)27-28(19(30)24-8)10-4-13(20)16(14(21)5-10)31-15-6-12(18(29)26-25-15)11-3-2-9(11)7-22/h4-6,9,11H,1-3H2,(H2,23,27)(H,24,30)(H,26,29). The van der Waals surface area contributed by atoms with E-state index in [0.29, 0.717) is 5.56 Å². The Morgan fingerprint density at radius 1 is 1.26 bits per heavy atom. The second-order valence-corrected chi connectivity index (χ2v) is 7.77. The lowest BCUT2D eigenvalue weighted by Gasteiger charge is -2.30. The third kappa shape index (κ3) is 3.81. The van der Waals surface area contributed by atoms with E-state index < -0.39 is 6.03 Å². The predicted molar refractivity (Wildman–Crippen MR) is 114 cm³/mol. The number of carbonyl (C=O) groups is 1. The molecule has 0 spiro atoms. The maximum Gasteiger partial charge on any atom is 0.347 e. The molecule has 12 heteroatoms. The van der Waals surface area contributed by atoms with E-state index in [-0.39, 0.29) is 56.3 Å². The smallest absolute Gasteiger partial charge is 0.347 e. The minimum Gasteiger partial charge on any atom is -0.434 e. The van der Waals surface area contributed by atoms with Crippen LogP contribution in [-0.4, -0.2) is 22.1 Å². The van der Waals surface area contributed by atoms with Crippen LogP contribution in [0.1, 0.15) is 24.3 Å². The van der Waals surface area contributed by atoms with Crippen molar-refractivity contribution in [2.24, 2.45) is 16.8 Å². The number of nitrogens with zero attached hydrogens (tertiary/aromatic N) is 4. The number of benzene rings is 1. The van der Waals surface area contributed by atoms with E-state index >= 15 is 0 Å².